The third-order valence-corrected chi connectivity index (χ3v) is 5.13. The lowest BCUT2D eigenvalue weighted by molar-refractivity contribution is -0.129. The molecule has 1 fully saturated rings. The molecule has 7 heteroatoms. The van der Waals surface area contributed by atoms with Gasteiger partial charge in [-0.2, -0.15) is 0 Å². The molecule has 0 aliphatic carbocycles. The highest BCUT2D eigenvalue weighted by Gasteiger charge is 2.23. The third-order valence-electron chi connectivity index (χ3n) is 4.82. The summed E-state index contributed by atoms with van der Waals surface area (Å²) in [4.78, 5) is 22.8. The van der Waals surface area contributed by atoms with Crippen molar-refractivity contribution >= 4 is 34.2 Å². The average Bonchev–Trinajstić information content (AvgIpc) is 2.61. The second-order valence-corrected chi connectivity index (χ2v) is 7.46. The van der Waals surface area contributed by atoms with Crippen LogP contribution < -0.4 is 10.6 Å². The number of aromatic nitrogens is 1. The first kappa shape index (κ1) is 18.9. The Morgan fingerprint density at radius 1 is 1.31 bits per heavy atom. The van der Waals surface area contributed by atoms with E-state index >= 15 is 0 Å². The zero-order valence-corrected chi connectivity index (χ0v) is 16.3. The fourth-order valence-corrected chi connectivity index (χ4v) is 3.43. The Bertz CT molecular complexity index is 800. The zero-order chi connectivity index (χ0) is 18.8. The molecule has 1 aromatic heterocycles. The second kappa shape index (κ2) is 7.78. The van der Waals surface area contributed by atoms with E-state index in [0.717, 1.165) is 48.5 Å². The number of carbonyl (C=O) groups is 1. The monoisotopic (exact) mass is 375 g/mol. The molecule has 0 radical (unpaired) electrons. The molecule has 0 saturated carbocycles. The number of likely N-dealkylation sites (N-methyl/N-ethyl adjacent to an activating group) is 1. The number of pyridine rings is 1. The number of para-hydroxylation sites is 1. The first-order chi connectivity index (χ1) is 12.4. The third kappa shape index (κ3) is 3.92. The molecule has 1 aliphatic rings. The van der Waals surface area contributed by atoms with Crippen molar-refractivity contribution in [2.75, 3.05) is 51.7 Å². The maximum absolute atomic E-state index is 11.9. The van der Waals surface area contributed by atoms with Crippen molar-refractivity contribution in [3.05, 3.63) is 34.9 Å². The van der Waals surface area contributed by atoms with E-state index in [4.69, 9.17) is 22.3 Å². The first-order valence-corrected chi connectivity index (χ1v) is 9.27. The molecule has 2 aromatic rings. The SMILES string of the molecule is CC(N)c1cc2cccc(Cl)c2nc1N1CCN(CC(=O)N(C)C)CC1. The van der Waals surface area contributed by atoms with Crippen LogP contribution >= 0.6 is 11.6 Å². The fourth-order valence-electron chi connectivity index (χ4n) is 3.21. The largest absolute Gasteiger partial charge is 0.354 e. The molecule has 1 amide bonds. The molecule has 3 rings (SSSR count). The Morgan fingerprint density at radius 2 is 2.00 bits per heavy atom. The number of nitrogens with zero attached hydrogens (tertiary/aromatic N) is 4. The van der Waals surface area contributed by atoms with Crippen LogP contribution in [-0.2, 0) is 4.79 Å². The van der Waals surface area contributed by atoms with Gasteiger partial charge in [0.05, 0.1) is 17.1 Å². The summed E-state index contributed by atoms with van der Waals surface area (Å²) >= 11 is 6.35. The van der Waals surface area contributed by atoms with Crippen LogP contribution in [0.15, 0.2) is 24.3 Å². The molecule has 2 heterocycles. The van der Waals surface area contributed by atoms with Crippen LogP contribution in [0.5, 0.6) is 0 Å². The number of hydrogen-bond donors (Lipinski definition) is 1. The molecule has 26 heavy (non-hydrogen) atoms. The number of benzene rings is 1. The van der Waals surface area contributed by atoms with Crippen molar-refractivity contribution in [2.45, 2.75) is 13.0 Å². The summed E-state index contributed by atoms with van der Waals surface area (Å²) in [5.41, 5.74) is 8.05. The summed E-state index contributed by atoms with van der Waals surface area (Å²) in [6.45, 7) is 5.69. The number of fused-ring (bicyclic) bond motifs is 1. The van der Waals surface area contributed by atoms with E-state index < -0.39 is 0 Å². The number of nitrogens with two attached hydrogens (primary N) is 1. The van der Waals surface area contributed by atoms with Crippen LogP contribution in [0, 0.1) is 0 Å². The number of carbonyl (C=O) groups excluding carboxylic acids is 1. The van der Waals surface area contributed by atoms with Gasteiger partial charge in [-0.25, -0.2) is 4.98 Å². The molecule has 1 aromatic carbocycles. The van der Waals surface area contributed by atoms with E-state index in [9.17, 15) is 4.79 Å². The Morgan fingerprint density at radius 3 is 2.62 bits per heavy atom. The van der Waals surface area contributed by atoms with Crippen molar-refractivity contribution in [1.82, 2.24) is 14.8 Å². The summed E-state index contributed by atoms with van der Waals surface area (Å²) in [5, 5.41) is 1.65. The molecule has 1 aliphatic heterocycles. The van der Waals surface area contributed by atoms with Gasteiger partial charge in [0, 0.05) is 57.3 Å². The van der Waals surface area contributed by atoms with Gasteiger partial charge in [0.25, 0.3) is 0 Å². The van der Waals surface area contributed by atoms with E-state index in [-0.39, 0.29) is 11.9 Å². The highest BCUT2D eigenvalue weighted by Crippen LogP contribution is 2.31. The van der Waals surface area contributed by atoms with Crippen LogP contribution in [0.4, 0.5) is 5.82 Å². The van der Waals surface area contributed by atoms with Crippen LogP contribution in [0.2, 0.25) is 5.02 Å². The standard InChI is InChI=1S/C19H26ClN5O/c1-13(21)15-11-14-5-4-6-16(20)18(14)22-19(15)25-9-7-24(8-10-25)12-17(26)23(2)3/h4-6,11,13H,7-10,12,21H2,1-3H3. The molecule has 0 spiro atoms. The van der Waals surface area contributed by atoms with Crippen molar-refractivity contribution in [3.63, 3.8) is 0 Å². The van der Waals surface area contributed by atoms with Gasteiger partial charge in [-0.15, -0.1) is 0 Å². The van der Waals surface area contributed by atoms with Gasteiger partial charge in [-0.05, 0) is 19.1 Å². The maximum Gasteiger partial charge on any atom is 0.236 e. The molecule has 1 unspecified atom stereocenters. The minimum Gasteiger partial charge on any atom is -0.354 e. The van der Waals surface area contributed by atoms with Gasteiger partial charge in [0.2, 0.25) is 5.91 Å². The van der Waals surface area contributed by atoms with E-state index in [1.54, 1.807) is 19.0 Å². The molecular weight excluding hydrogens is 350 g/mol. The smallest absolute Gasteiger partial charge is 0.236 e. The highest BCUT2D eigenvalue weighted by molar-refractivity contribution is 6.35. The number of hydrogen-bond acceptors (Lipinski definition) is 5. The van der Waals surface area contributed by atoms with Crippen LogP contribution in [0.3, 0.4) is 0 Å². The normalized spacial score (nSPS) is 16.7. The number of amides is 1. The van der Waals surface area contributed by atoms with Crippen molar-refractivity contribution in [1.29, 1.82) is 0 Å². The molecule has 0 bridgehead atoms. The quantitative estimate of drug-likeness (QED) is 0.886. The van der Waals surface area contributed by atoms with Crippen LogP contribution in [-0.4, -0.2) is 67.5 Å². The number of anilines is 1. The Labute approximate surface area is 159 Å². The molecule has 2 N–H and O–H groups in total. The maximum atomic E-state index is 11.9. The molecule has 1 atom stereocenters. The van der Waals surface area contributed by atoms with E-state index in [1.807, 2.05) is 25.1 Å². The van der Waals surface area contributed by atoms with Crippen molar-refractivity contribution < 1.29 is 4.79 Å². The predicted molar refractivity (Wildman–Crippen MR) is 107 cm³/mol. The molecular formula is C19H26ClN5O. The number of halogens is 1. The fraction of sp³-hybridized carbons (Fsp3) is 0.474. The summed E-state index contributed by atoms with van der Waals surface area (Å²) in [5.74, 6) is 1.03. The van der Waals surface area contributed by atoms with E-state index in [2.05, 4.69) is 15.9 Å². The van der Waals surface area contributed by atoms with Crippen molar-refractivity contribution in [3.8, 4) is 0 Å². The molecule has 1 saturated heterocycles. The predicted octanol–water partition coefficient (Wildman–Crippen LogP) is 2.12. The van der Waals surface area contributed by atoms with E-state index in [0.29, 0.717) is 11.6 Å². The van der Waals surface area contributed by atoms with Gasteiger partial charge in [-0.1, -0.05) is 23.7 Å². The lowest BCUT2D eigenvalue weighted by Gasteiger charge is -2.36. The first-order valence-electron chi connectivity index (χ1n) is 8.89. The van der Waals surface area contributed by atoms with Crippen LogP contribution in [0.1, 0.15) is 18.5 Å². The number of piperazine rings is 1. The summed E-state index contributed by atoms with van der Waals surface area (Å²) < 4.78 is 0. The molecule has 140 valence electrons. The minimum absolute atomic E-state index is 0.116. The Balaban J connectivity index is 1.83. The van der Waals surface area contributed by atoms with Crippen LogP contribution in [0.25, 0.3) is 10.9 Å². The Kier molecular flexibility index (Phi) is 5.65. The van der Waals surface area contributed by atoms with Gasteiger partial charge in [0.15, 0.2) is 0 Å². The average molecular weight is 376 g/mol. The lowest BCUT2D eigenvalue weighted by atomic mass is 10.1. The van der Waals surface area contributed by atoms with Gasteiger partial charge < -0.3 is 15.5 Å². The summed E-state index contributed by atoms with van der Waals surface area (Å²) in [6.07, 6.45) is 0. The summed E-state index contributed by atoms with van der Waals surface area (Å²) in [6, 6.07) is 7.77. The van der Waals surface area contributed by atoms with E-state index in [1.165, 1.54) is 0 Å². The van der Waals surface area contributed by atoms with Gasteiger partial charge in [-0.3, -0.25) is 9.69 Å². The van der Waals surface area contributed by atoms with Gasteiger partial charge in [0.1, 0.15) is 5.82 Å². The zero-order valence-electron chi connectivity index (χ0n) is 15.6. The molecule has 6 nitrogen and oxygen atoms in total. The number of rotatable bonds is 4. The highest BCUT2D eigenvalue weighted by atomic mass is 35.5. The van der Waals surface area contributed by atoms with Gasteiger partial charge >= 0.3 is 0 Å². The van der Waals surface area contributed by atoms with Crippen molar-refractivity contribution in [2.24, 2.45) is 5.73 Å². The summed E-state index contributed by atoms with van der Waals surface area (Å²) in [7, 11) is 3.58. The second-order valence-electron chi connectivity index (χ2n) is 7.05. The lowest BCUT2D eigenvalue weighted by Crippen LogP contribution is -2.49. The topological polar surface area (TPSA) is 65.7 Å². The Hall–Kier alpha value is -1.89. The minimum atomic E-state index is -0.116.